The van der Waals surface area contributed by atoms with Crippen LogP contribution in [0.15, 0.2) is 18.2 Å². The van der Waals surface area contributed by atoms with Gasteiger partial charge in [-0.15, -0.1) is 0 Å². The van der Waals surface area contributed by atoms with Crippen molar-refractivity contribution in [3.63, 3.8) is 0 Å². The number of nitrogens with zero attached hydrogens (tertiary/aromatic N) is 1. The lowest BCUT2D eigenvalue weighted by atomic mass is 9.89. The third kappa shape index (κ3) is 2.72. The number of carboxylic acid groups (broad SMARTS) is 1. The van der Waals surface area contributed by atoms with E-state index in [1.165, 1.54) is 7.11 Å². The van der Waals surface area contributed by atoms with Crippen molar-refractivity contribution in [2.45, 2.75) is 26.3 Å². The zero-order valence-electron chi connectivity index (χ0n) is 12.8. The zero-order chi connectivity index (χ0) is 15.3. The number of ether oxygens (including phenoxy) is 2. The molecule has 0 radical (unpaired) electrons. The topological polar surface area (TPSA) is 59.0 Å². The maximum atomic E-state index is 11.9. The van der Waals surface area contributed by atoms with Crippen molar-refractivity contribution in [3.05, 3.63) is 23.8 Å². The second-order valence-corrected chi connectivity index (χ2v) is 4.62. The molecule has 20 heavy (non-hydrogen) atoms. The Bertz CT molecular complexity index is 471. The first-order valence-corrected chi connectivity index (χ1v) is 6.66. The highest BCUT2D eigenvalue weighted by Gasteiger charge is 2.42. The van der Waals surface area contributed by atoms with Crippen LogP contribution in [-0.4, -0.2) is 43.3 Å². The average Bonchev–Trinajstić information content (AvgIpc) is 2.47. The lowest BCUT2D eigenvalue weighted by Crippen LogP contribution is -2.49. The highest BCUT2D eigenvalue weighted by atomic mass is 16.5. The van der Waals surface area contributed by atoms with E-state index in [-0.39, 0.29) is 0 Å². The van der Waals surface area contributed by atoms with Gasteiger partial charge in [-0.2, -0.15) is 0 Å². The quantitative estimate of drug-likeness (QED) is 0.831. The highest BCUT2D eigenvalue weighted by Crippen LogP contribution is 2.37. The van der Waals surface area contributed by atoms with Gasteiger partial charge < -0.3 is 14.6 Å². The molecule has 0 spiro atoms. The molecule has 1 atom stereocenters. The first-order valence-electron chi connectivity index (χ1n) is 6.66. The van der Waals surface area contributed by atoms with Crippen LogP contribution >= 0.6 is 0 Å². The molecule has 0 heterocycles. The normalized spacial score (nSPS) is 13.9. The van der Waals surface area contributed by atoms with Gasteiger partial charge in [-0.05, 0) is 32.1 Å². The third-order valence-electron chi connectivity index (χ3n) is 3.75. The molecule has 0 aliphatic rings. The summed E-state index contributed by atoms with van der Waals surface area (Å²) in [4.78, 5) is 13.8. The molecule has 1 aromatic rings. The van der Waals surface area contributed by atoms with Crippen LogP contribution in [0, 0.1) is 0 Å². The van der Waals surface area contributed by atoms with Gasteiger partial charge in [0.15, 0.2) is 0 Å². The average molecular weight is 281 g/mol. The number of carboxylic acids is 1. The molecule has 0 aliphatic heterocycles. The Morgan fingerprint density at radius 2 is 1.85 bits per heavy atom. The van der Waals surface area contributed by atoms with Crippen molar-refractivity contribution in [1.29, 1.82) is 0 Å². The molecule has 0 saturated heterocycles. The number of hydrogen-bond acceptors (Lipinski definition) is 4. The summed E-state index contributed by atoms with van der Waals surface area (Å²) in [5.41, 5.74) is -0.516. The minimum Gasteiger partial charge on any atom is -0.497 e. The van der Waals surface area contributed by atoms with Crippen molar-refractivity contribution < 1.29 is 19.4 Å². The second kappa shape index (κ2) is 6.61. The van der Waals surface area contributed by atoms with Gasteiger partial charge in [-0.25, -0.2) is 4.79 Å². The van der Waals surface area contributed by atoms with Crippen LogP contribution in [0.4, 0.5) is 0 Å². The Hall–Kier alpha value is -1.75. The fourth-order valence-corrected chi connectivity index (χ4v) is 2.48. The lowest BCUT2D eigenvalue weighted by molar-refractivity contribution is -0.151. The molecule has 5 heteroatoms. The van der Waals surface area contributed by atoms with Gasteiger partial charge in [-0.3, -0.25) is 4.90 Å². The van der Waals surface area contributed by atoms with E-state index in [0.29, 0.717) is 30.2 Å². The molecule has 112 valence electrons. The predicted molar refractivity (Wildman–Crippen MR) is 77.5 cm³/mol. The number of methoxy groups -OCH3 is 2. The maximum Gasteiger partial charge on any atom is 0.328 e. The van der Waals surface area contributed by atoms with E-state index < -0.39 is 11.5 Å². The van der Waals surface area contributed by atoms with Crippen LogP contribution in [0.25, 0.3) is 0 Å². The van der Waals surface area contributed by atoms with Gasteiger partial charge in [0.1, 0.15) is 17.0 Å². The Balaban J connectivity index is 3.45. The fourth-order valence-electron chi connectivity index (χ4n) is 2.48. The summed E-state index contributed by atoms with van der Waals surface area (Å²) in [6, 6.07) is 5.21. The van der Waals surface area contributed by atoms with E-state index in [1.807, 2.05) is 18.7 Å². The summed E-state index contributed by atoms with van der Waals surface area (Å²) in [5.74, 6) is 0.253. The molecule has 0 aromatic heterocycles. The molecule has 1 unspecified atom stereocenters. The second-order valence-electron chi connectivity index (χ2n) is 4.62. The van der Waals surface area contributed by atoms with Crippen molar-refractivity contribution in [3.8, 4) is 11.5 Å². The van der Waals surface area contributed by atoms with Crippen molar-refractivity contribution in [2.24, 2.45) is 0 Å². The van der Waals surface area contributed by atoms with Crippen LogP contribution in [0.3, 0.4) is 0 Å². The van der Waals surface area contributed by atoms with E-state index in [0.717, 1.165) is 0 Å². The van der Waals surface area contributed by atoms with Gasteiger partial charge in [0.2, 0.25) is 0 Å². The lowest BCUT2D eigenvalue weighted by Gasteiger charge is -2.37. The minimum atomic E-state index is -1.14. The zero-order valence-corrected chi connectivity index (χ0v) is 12.8. The monoisotopic (exact) mass is 281 g/mol. The molecule has 1 rings (SSSR count). The van der Waals surface area contributed by atoms with Crippen LogP contribution in [0.2, 0.25) is 0 Å². The van der Waals surface area contributed by atoms with E-state index in [9.17, 15) is 9.90 Å². The molecule has 0 amide bonds. The first kappa shape index (κ1) is 16.3. The molecular formula is C15H23NO4. The first-order chi connectivity index (χ1) is 9.45. The van der Waals surface area contributed by atoms with Gasteiger partial charge in [0, 0.05) is 11.6 Å². The molecule has 1 N–H and O–H groups in total. The molecule has 0 saturated carbocycles. The summed E-state index contributed by atoms with van der Waals surface area (Å²) in [7, 11) is 3.10. The van der Waals surface area contributed by atoms with E-state index in [4.69, 9.17) is 9.47 Å². The smallest absolute Gasteiger partial charge is 0.328 e. The van der Waals surface area contributed by atoms with Gasteiger partial charge in [0.25, 0.3) is 0 Å². The van der Waals surface area contributed by atoms with E-state index >= 15 is 0 Å². The maximum absolute atomic E-state index is 11.9. The number of benzene rings is 1. The molecule has 5 nitrogen and oxygen atoms in total. The van der Waals surface area contributed by atoms with Crippen molar-refractivity contribution in [1.82, 2.24) is 4.90 Å². The number of carbonyl (C=O) groups is 1. The fraction of sp³-hybridized carbons (Fsp3) is 0.533. The Labute approximate surface area is 120 Å². The van der Waals surface area contributed by atoms with Crippen LogP contribution in [0.5, 0.6) is 11.5 Å². The molecule has 1 aromatic carbocycles. The summed E-state index contributed by atoms with van der Waals surface area (Å²) >= 11 is 0. The molecule has 0 aliphatic carbocycles. The summed E-state index contributed by atoms with van der Waals surface area (Å²) in [6.45, 7) is 6.86. The molecular weight excluding hydrogens is 258 g/mol. The van der Waals surface area contributed by atoms with E-state index in [1.54, 1.807) is 32.2 Å². The number of likely N-dealkylation sites (N-methyl/N-ethyl adjacent to an activating group) is 1. The number of rotatable bonds is 7. The molecule has 0 fully saturated rings. The van der Waals surface area contributed by atoms with Gasteiger partial charge in [-0.1, -0.05) is 13.8 Å². The summed E-state index contributed by atoms with van der Waals surface area (Å²) < 4.78 is 10.5. The van der Waals surface area contributed by atoms with Crippen molar-refractivity contribution in [2.75, 3.05) is 27.3 Å². The standard InChI is InChI=1S/C15H23NO4/c1-6-16(7-2)15(3,14(17)18)12-9-8-11(19-4)10-13(12)20-5/h8-10H,6-7H2,1-5H3,(H,17,18). The van der Waals surface area contributed by atoms with Crippen LogP contribution < -0.4 is 9.47 Å². The van der Waals surface area contributed by atoms with Crippen LogP contribution in [-0.2, 0) is 10.3 Å². The summed E-state index contributed by atoms with van der Waals surface area (Å²) in [6.07, 6.45) is 0. The van der Waals surface area contributed by atoms with Gasteiger partial charge >= 0.3 is 5.97 Å². The highest BCUT2D eigenvalue weighted by molar-refractivity contribution is 5.81. The van der Waals surface area contributed by atoms with E-state index in [2.05, 4.69) is 0 Å². The van der Waals surface area contributed by atoms with Gasteiger partial charge in [0.05, 0.1) is 14.2 Å². The Kier molecular flexibility index (Phi) is 5.39. The molecule has 0 bridgehead atoms. The minimum absolute atomic E-state index is 0.515. The number of hydrogen-bond donors (Lipinski definition) is 1. The van der Waals surface area contributed by atoms with Crippen LogP contribution in [0.1, 0.15) is 26.3 Å². The van der Waals surface area contributed by atoms with Crippen molar-refractivity contribution >= 4 is 5.97 Å². The SMILES string of the molecule is CCN(CC)C(C)(C(=O)O)c1ccc(OC)cc1OC. The third-order valence-corrected chi connectivity index (χ3v) is 3.75. The number of aliphatic carboxylic acids is 1. The Morgan fingerprint density at radius 1 is 1.25 bits per heavy atom. The Morgan fingerprint density at radius 3 is 2.25 bits per heavy atom. The summed E-state index contributed by atoms with van der Waals surface area (Å²) in [5, 5.41) is 9.74. The predicted octanol–water partition coefficient (Wildman–Crippen LogP) is 2.35. The largest absolute Gasteiger partial charge is 0.497 e.